The highest BCUT2D eigenvalue weighted by atomic mass is 35.5. The van der Waals surface area contributed by atoms with Crippen LogP contribution >= 0.6 is 23.2 Å². The Morgan fingerprint density at radius 1 is 1.39 bits per heavy atom. The molecule has 1 saturated carbocycles. The van der Waals surface area contributed by atoms with E-state index in [1.54, 1.807) is 7.05 Å². The second-order valence-corrected chi connectivity index (χ2v) is 7.05. The van der Waals surface area contributed by atoms with E-state index in [9.17, 15) is 8.42 Å². The van der Waals surface area contributed by atoms with E-state index in [0.29, 0.717) is 10.6 Å². The predicted octanol–water partition coefficient (Wildman–Crippen LogP) is 2.23. The van der Waals surface area contributed by atoms with Gasteiger partial charge in [-0.3, -0.25) is 0 Å². The largest absolute Gasteiger partial charge is 0.326 e. The van der Waals surface area contributed by atoms with Gasteiger partial charge in [0.1, 0.15) is 4.90 Å². The van der Waals surface area contributed by atoms with Crippen LogP contribution in [0.3, 0.4) is 0 Å². The minimum Gasteiger partial charge on any atom is -0.326 e. The van der Waals surface area contributed by atoms with Crippen LogP contribution in [0.5, 0.6) is 0 Å². The molecule has 0 saturated heterocycles. The summed E-state index contributed by atoms with van der Waals surface area (Å²) in [6.45, 7) is 0.105. The molecule has 100 valence electrons. The monoisotopic (exact) mass is 308 g/mol. The predicted molar refractivity (Wildman–Crippen MR) is 72.3 cm³/mol. The zero-order valence-corrected chi connectivity index (χ0v) is 12.2. The summed E-state index contributed by atoms with van der Waals surface area (Å²) in [5.74, 6) is 0. The first-order chi connectivity index (χ1) is 8.39. The Balaban J connectivity index is 2.51. The van der Waals surface area contributed by atoms with Crippen molar-refractivity contribution in [2.75, 3.05) is 7.05 Å². The fourth-order valence-electron chi connectivity index (χ4n) is 1.75. The molecule has 1 fully saturated rings. The van der Waals surface area contributed by atoms with Gasteiger partial charge in [-0.1, -0.05) is 23.2 Å². The van der Waals surface area contributed by atoms with Crippen molar-refractivity contribution in [3.8, 4) is 0 Å². The smallest absolute Gasteiger partial charge is 0.244 e. The number of halogens is 2. The molecule has 0 spiro atoms. The number of rotatable bonds is 4. The van der Waals surface area contributed by atoms with Gasteiger partial charge in [0.2, 0.25) is 10.0 Å². The molecular weight excluding hydrogens is 295 g/mol. The first-order valence-electron chi connectivity index (χ1n) is 5.54. The molecule has 4 nitrogen and oxygen atoms in total. The lowest BCUT2D eigenvalue weighted by atomic mass is 10.2. The lowest BCUT2D eigenvalue weighted by Crippen LogP contribution is -2.29. The van der Waals surface area contributed by atoms with Gasteiger partial charge in [0, 0.05) is 30.2 Å². The summed E-state index contributed by atoms with van der Waals surface area (Å²) in [4.78, 5) is 0.0726. The van der Waals surface area contributed by atoms with Crippen molar-refractivity contribution in [2.45, 2.75) is 30.3 Å². The number of hydrogen-bond donors (Lipinski definition) is 1. The molecule has 0 bridgehead atoms. The lowest BCUT2D eigenvalue weighted by molar-refractivity contribution is 0.464. The van der Waals surface area contributed by atoms with Crippen LogP contribution < -0.4 is 5.73 Å². The molecule has 0 atom stereocenters. The summed E-state index contributed by atoms with van der Waals surface area (Å²) in [5, 5.41) is 0.507. The quantitative estimate of drug-likeness (QED) is 0.927. The number of nitrogens with two attached hydrogens (primary N) is 1. The molecule has 1 aromatic carbocycles. The topological polar surface area (TPSA) is 63.4 Å². The van der Waals surface area contributed by atoms with Crippen LogP contribution in [0.2, 0.25) is 10.0 Å². The number of nitrogens with zero attached hydrogens (tertiary/aromatic N) is 1. The van der Waals surface area contributed by atoms with Crippen molar-refractivity contribution in [3.63, 3.8) is 0 Å². The van der Waals surface area contributed by atoms with Crippen molar-refractivity contribution >= 4 is 33.2 Å². The summed E-state index contributed by atoms with van der Waals surface area (Å²) in [7, 11) is -2.00. The van der Waals surface area contributed by atoms with Gasteiger partial charge in [0.25, 0.3) is 0 Å². The average molecular weight is 309 g/mol. The Kier molecular flexibility index (Phi) is 3.90. The molecule has 0 radical (unpaired) electrons. The van der Waals surface area contributed by atoms with E-state index in [1.165, 1.54) is 16.4 Å². The third kappa shape index (κ3) is 2.38. The molecule has 1 aliphatic rings. The number of hydrogen-bond acceptors (Lipinski definition) is 3. The zero-order valence-electron chi connectivity index (χ0n) is 9.86. The molecule has 1 aromatic rings. The fourth-order valence-corrected chi connectivity index (χ4v) is 4.07. The molecule has 0 aliphatic heterocycles. The van der Waals surface area contributed by atoms with Crippen molar-refractivity contribution in [1.29, 1.82) is 0 Å². The first-order valence-corrected chi connectivity index (χ1v) is 7.74. The molecule has 0 heterocycles. The van der Waals surface area contributed by atoms with Crippen LogP contribution in [0.1, 0.15) is 18.4 Å². The van der Waals surface area contributed by atoms with Crippen molar-refractivity contribution in [2.24, 2.45) is 5.73 Å². The lowest BCUT2D eigenvalue weighted by Gasteiger charge is -2.18. The van der Waals surface area contributed by atoms with E-state index in [1.807, 2.05) is 0 Å². The number of benzene rings is 1. The van der Waals surface area contributed by atoms with Gasteiger partial charge in [0.15, 0.2) is 0 Å². The van der Waals surface area contributed by atoms with Gasteiger partial charge in [-0.05, 0) is 25.0 Å². The van der Waals surface area contributed by atoms with Crippen LogP contribution in [0.15, 0.2) is 17.0 Å². The Hall–Kier alpha value is -0.330. The summed E-state index contributed by atoms with van der Waals surface area (Å²) >= 11 is 12.0. The van der Waals surface area contributed by atoms with Crippen LogP contribution in [0.25, 0.3) is 0 Å². The summed E-state index contributed by atoms with van der Waals surface area (Å²) in [5.41, 5.74) is 6.00. The molecule has 0 unspecified atom stereocenters. The summed E-state index contributed by atoms with van der Waals surface area (Å²) in [6.07, 6.45) is 1.79. The van der Waals surface area contributed by atoms with Gasteiger partial charge in [-0.15, -0.1) is 0 Å². The van der Waals surface area contributed by atoms with Gasteiger partial charge in [0.05, 0.1) is 5.02 Å². The van der Waals surface area contributed by atoms with Crippen LogP contribution in [-0.4, -0.2) is 25.8 Å². The van der Waals surface area contributed by atoms with E-state index in [2.05, 4.69) is 0 Å². The average Bonchev–Trinajstić information content (AvgIpc) is 3.12. The van der Waals surface area contributed by atoms with E-state index in [-0.39, 0.29) is 22.5 Å². The Morgan fingerprint density at radius 3 is 2.50 bits per heavy atom. The van der Waals surface area contributed by atoms with Crippen LogP contribution in [0.4, 0.5) is 0 Å². The SMILES string of the molecule is CN(C1CC1)S(=O)(=O)c1ccc(Cl)c(CN)c1Cl. The third-order valence-electron chi connectivity index (χ3n) is 3.07. The molecule has 2 rings (SSSR count). The van der Waals surface area contributed by atoms with Gasteiger partial charge in [-0.2, -0.15) is 4.31 Å². The van der Waals surface area contributed by atoms with Crippen molar-refractivity contribution in [1.82, 2.24) is 4.31 Å². The normalized spacial score (nSPS) is 16.3. The van der Waals surface area contributed by atoms with Crippen LogP contribution in [-0.2, 0) is 16.6 Å². The maximum atomic E-state index is 12.4. The van der Waals surface area contributed by atoms with E-state index in [0.717, 1.165) is 12.8 Å². The third-order valence-corrected chi connectivity index (χ3v) is 5.92. The minimum absolute atomic E-state index is 0.0726. The second kappa shape index (κ2) is 4.98. The van der Waals surface area contributed by atoms with E-state index in [4.69, 9.17) is 28.9 Å². The standard InChI is InChI=1S/C11H14Cl2N2O2S/c1-15(7-2-3-7)18(16,17)10-5-4-9(12)8(6-14)11(10)13/h4-5,7H,2-3,6,14H2,1H3. The summed E-state index contributed by atoms with van der Waals surface area (Å²) in [6, 6.07) is 3.03. The molecule has 18 heavy (non-hydrogen) atoms. The minimum atomic E-state index is -3.57. The maximum Gasteiger partial charge on any atom is 0.244 e. The van der Waals surface area contributed by atoms with E-state index < -0.39 is 10.0 Å². The molecule has 0 aromatic heterocycles. The van der Waals surface area contributed by atoms with Crippen LogP contribution in [0, 0.1) is 0 Å². The molecular formula is C11H14Cl2N2O2S. The highest BCUT2D eigenvalue weighted by molar-refractivity contribution is 7.89. The van der Waals surface area contributed by atoms with Gasteiger partial charge in [-0.25, -0.2) is 8.42 Å². The maximum absolute atomic E-state index is 12.4. The molecule has 0 amide bonds. The van der Waals surface area contributed by atoms with Gasteiger partial charge >= 0.3 is 0 Å². The fraction of sp³-hybridized carbons (Fsp3) is 0.455. The zero-order chi connectivity index (χ0) is 13.5. The second-order valence-electron chi connectivity index (χ2n) is 4.29. The highest BCUT2D eigenvalue weighted by Crippen LogP contribution is 2.35. The summed E-state index contributed by atoms with van der Waals surface area (Å²) < 4.78 is 26.1. The number of sulfonamides is 1. The van der Waals surface area contributed by atoms with Crippen molar-refractivity contribution in [3.05, 3.63) is 27.7 Å². The Morgan fingerprint density at radius 2 is 2.00 bits per heavy atom. The van der Waals surface area contributed by atoms with E-state index >= 15 is 0 Å². The Bertz CT molecular complexity index is 571. The Labute approximate surface area is 117 Å². The molecule has 2 N–H and O–H groups in total. The first kappa shape index (κ1) is 14.1. The highest BCUT2D eigenvalue weighted by Gasteiger charge is 2.36. The van der Waals surface area contributed by atoms with Gasteiger partial charge < -0.3 is 5.73 Å². The molecule has 1 aliphatic carbocycles. The molecule has 7 heteroatoms. The van der Waals surface area contributed by atoms with Crippen molar-refractivity contribution < 1.29 is 8.42 Å².